The lowest BCUT2D eigenvalue weighted by molar-refractivity contribution is 0.213. The van der Waals surface area contributed by atoms with E-state index in [0.29, 0.717) is 11.4 Å². The summed E-state index contributed by atoms with van der Waals surface area (Å²) in [5, 5.41) is 17.0. The molecule has 2 aromatic rings. The zero-order chi connectivity index (χ0) is 12.1. The van der Waals surface area contributed by atoms with Crippen molar-refractivity contribution >= 4 is 5.71 Å². The molecule has 5 nitrogen and oxygen atoms in total. The van der Waals surface area contributed by atoms with E-state index in [9.17, 15) is 5.11 Å². The number of rotatable bonds is 4. The predicted molar refractivity (Wildman–Crippen MR) is 61.5 cm³/mol. The van der Waals surface area contributed by atoms with Crippen molar-refractivity contribution in [2.75, 3.05) is 7.11 Å². The topological polar surface area (TPSA) is 67.9 Å². The Morgan fingerprint density at radius 1 is 1.41 bits per heavy atom. The molecule has 0 spiro atoms. The van der Waals surface area contributed by atoms with E-state index in [0.717, 1.165) is 11.1 Å². The normalized spacial score (nSPS) is 11.5. The fourth-order valence-electron chi connectivity index (χ4n) is 1.55. The molecule has 0 aliphatic carbocycles. The average molecular weight is 232 g/mol. The number of aromatic nitrogens is 1. The van der Waals surface area contributed by atoms with Crippen molar-refractivity contribution < 1.29 is 14.5 Å². The Balaban J connectivity index is 2.51. The second kappa shape index (κ2) is 5.27. The number of oxime groups is 1. The van der Waals surface area contributed by atoms with Gasteiger partial charge < -0.3 is 14.5 Å². The van der Waals surface area contributed by atoms with Gasteiger partial charge in [-0.1, -0.05) is 34.6 Å². The zero-order valence-corrected chi connectivity index (χ0v) is 9.33. The molecule has 0 aliphatic heterocycles. The molecule has 0 unspecified atom stereocenters. The third-order valence-corrected chi connectivity index (χ3v) is 2.31. The molecule has 5 heteroatoms. The molecular formula is C12H12N2O3. The van der Waals surface area contributed by atoms with Crippen LogP contribution in [0.3, 0.4) is 0 Å². The molecular weight excluding hydrogens is 220 g/mol. The van der Waals surface area contributed by atoms with Crippen molar-refractivity contribution in [3.63, 3.8) is 0 Å². The fourth-order valence-corrected chi connectivity index (χ4v) is 1.55. The Hall–Kier alpha value is -2.14. The Bertz CT molecular complexity index is 506. The molecule has 1 aromatic heterocycles. The van der Waals surface area contributed by atoms with Gasteiger partial charge in [-0.05, 0) is 5.56 Å². The summed E-state index contributed by atoms with van der Waals surface area (Å²) in [7, 11) is 1.46. The quantitative estimate of drug-likeness (QED) is 0.641. The molecule has 0 radical (unpaired) electrons. The summed E-state index contributed by atoms with van der Waals surface area (Å²) >= 11 is 0. The molecule has 2 rings (SSSR count). The Morgan fingerprint density at radius 2 is 2.24 bits per heavy atom. The van der Waals surface area contributed by atoms with E-state index in [1.807, 2.05) is 24.3 Å². The van der Waals surface area contributed by atoms with Gasteiger partial charge in [0.1, 0.15) is 24.8 Å². The first kappa shape index (κ1) is 11.3. The van der Waals surface area contributed by atoms with Gasteiger partial charge in [0.15, 0.2) is 0 Å². The first-order valence-electron chi connectivity index (χ1n) is 5.08. The van der Waals surface area contributed by atoms with Crippen LogP contribution in [0.1, 0.15) is 16.8 Å². The molecule has 1 aromatic carbocycles. The van der Waals surface area contributed by atoms with Crippen molar-refractivity contribution in [1.82, 2.24) is 5.16 Å². The summed E-state index contributed by atoms with van der Waals surface area (Å²) in [5.74, 6) is 0. The number of benzene rings is 1. The van der Waals surface area contributed by atoms with Gasteiger partial charge in [-0.3, -0.25) is 0 Å². The minimum absolute atomic E-state index is 0.0727. The van der Waals surface area contributed by atoms with Gasteiger partial charge in [-0.2, -0.15) is 0 Å². The molecule has 0 saturated heterocycles. The Kier molecular flexibility index (Phi) is 3.52. The summed E-state index contributed by atoms with van der Waals surface area (Å²) < 4.78 is 4.79. The van der Waals surface area contributed by atoms with E-state index in [1.165, 1.54) is 13.4 Å². The highest BCUT2D eigenvalue weighted by molar-refractivity contribution is 6.12. The molecule has 1 heterocycles. The molecule has 0 saturated carbocycles. The van der Waals surface area contributed by atoms with E-state index >= 15 is 0 Å². The molecule has 0 amide bonds. The maximum absolute atomic E-state index is 9.29. The second-order valence-corrected chi connectivity index (χ2v) is 3.32. The largest absolute Gasteiger partial charge is 0.399 e. The molecule has 1 N–H and O–H groups in total. The molecule has 0 bridgehead atoms. The minimum atomic E-state index is -0.0727. The lowest BCUT2D eigenvalue weighted by Crippen LogP contribution is -2.08. The van der Waals surface area contributed by atoms with E-state index in [-0.39, 0.29) is 6.61 Å². The van der Waals surface area contributed by atoms with Crippen LogP contribution in [-0.2, 0) is 11.4 Å². The van der Waals surface area contributed by atoms with Gasteiger partial charge >= 0.3 is 0 Å². The summed E-state index contributed by atoms with van der Waals surface area (Å²) in [6.45, 7) is -0.0727. The van der Waals surface area contributed by atoms with Crippen LogP contribution in [-0.4, -0.2) is 23.1 Å². The Labute approximate surface area is 98.3 Å². The highest BCUT2D eigenvalue weighted by atomic mass is 16.6. The van der Waals surface area contributed by atoms with E-state index in [1.54, 1.807) is 6.07 Å². The van der Waals surface area contributed by atoms with Gasteiger partial charge in [0.05, 0.1) is 6.61 Å². The first-order chi connectivity index (χ1) is 8.36. The second-order valence-electron chi connectivity index (χ2n) is 3.32. The van der Waals surface area contributed by atoms with Crippen LogP contribution < -0.4 is 0 Å². The van der Waals surface area contributed by atoms with E-state index in [4.69, 9.17) is 9.36 Å². The standard InChI is InChI=1S/C12H12N2O3/c1-16-14-12(11-6-7-17-13-11)10-5-3-2-4-9(10)8-15/h2-7,15H,8H2,1H3/b14-12+. The number of hydrogen-bond acceptors (Lipinski definition) is 5. The van der Waals surface area contributed by atoms with Crippen molar-refractivity contribution in [2.45, 2.75) is 6.61 Å². The molecule has 0 aliphatic rings. The highest BCUT2D eigenvalue weighted by Crippen LogP contribution is 2.15. The minimum Gasteiger partial charge on any atom is -0.399 e. The van der Waals surface area contributed by atoms with Crippen LogP contribution in [0.4, 0.5) is 0 Å². The monoisotopic (exact) mass is 232 g/mol. The van der Waals surface area contributed by atoms with Crippen LogP contribution in [0.2, 0.25) is 0 Å². The van der Waals surface area contributed by atoms with E-state index in [2.05, 4.69) is 10.3 Å². The maximum Gasteiger partial charge on any atom is 0.139 e. The van der Waals surface area contributed by atoms with Crippen LogP contribution in [0.25, 0.3) is 0 Å². The third-order valence-electron chi connectivity index (χ3n) is 2.31. The summed E-state index contributed by atoms with van der Waals surface area (Å²) in [6, 6.07) is 9.06. The average Bonchev–Trinajstić information content (AvgIpc) is 2.89. The molecule has 0 atom stereocenters. The van der Waals surface area contributed by atoms with Gasteiger partial charge in [0.25, 0.3) is 0 Å². The number of nitrogens with zero attached hydrogens (tertiary/aromatic N) is 2. The smallest absolute Gasteiger partial charge is 0.139 e. The summed E-state index contributed by atoms with van der Waals surface area (Å²) in [5.41, 5.74) is 2.62. The number of hydrogen-bond donors (Lipinski definition) is 1. The summed E-state index contributed by atoms with van der Waals surface area (Å²) in [4.78, 5) is 4.81. The lowest BCUT2D eigenvalue weighted by atomic mass is 10.0. The third kappa shape index (κ3) is 2.34. The van der Waals surface area contributed by atoms with E-state index < -0.39 is 0 Å². The van der Waals surface area contributed by atoms with Crippen molar-refractivity contribution in [1.29, 1.82) is 0 Å². The zero-order valence-electron chi connectivity index (χ0n) is 9.33. The van der Waals surface area contributed by atoms with Gasteiger partial charge in [0.2, 0.25) is 0 Å². The van der Waals surface area contributed by atoms with Crippen molar-refractivity contribution in [3.05, 3.63) is 53.4 Å². The first-order valence-corrected chi connectivity index (χ1v) is 5.08. The lowest BCUT2D eigenvalue weighted by Gasteiger charge is -2.07. The number of aliphatic hydroxyl groups excluding tert-OH is 1. The molecule has 88 valence electrons. The van der Waals surface area contributed by atoms with Crippen molar-refractivity contribution in [2.24, 2.45) is 5.16 Å². The van der Waals surface area contributed by atoms with Crippen molar-refractivity contribution in [3.8, 4) is 0 Å². The SMILES string of the molecule is CO/N=C(/c1ccon1)c1ccccc1CO. The molecule has 0 fully saturated rings. The van der Waals surface area contributed by atoms with Crippen LogP contribution in [0.15, 0.2) is 46.3 Å². The van der Waals surface area contributed by atoms with Crippen LogP contribution in [0, 0.1) is 0 Å². The molecule has 17 heavy (non-hydrogen) atoms. The summed E-state index contributed by atoms with van der Waals surface area (Å²) in [6.07, 6.45) is 1.46. The van der Waals surface area contributed by atoms with Gasteiger partial charge in [-0.25, -0.2) is 0 Å². The fraction of sp³-hybridized carbons (Fsp3) is 0.167. The van der Waals surface area contributed by atoms with Gasteiger partial charge in [0, 0.05) is 11.6 Å². The van der Waals surface area contributed by atoms with Gasteiger partial charge in [-0.15, -0.1) is 0 Å². The number of aliphatic hydroxyl groups is 1. The highest BCUT2D eigenvalue weighted by Gasteiger charge is 2.14. The Morgan fingerprint density at radius 3 is 2.88 bits per heavy atom. The predicted octanol–water partition coefficient (Wildman–Crippen LogP) is 1.57. The van der Waals surface area contributed by atoms with Crippen LogP contribution >= 0.6 is 0 Å². The maximum atomic E-state index is 9.29. The van der Waals surface area contributed by atoms with Crippen LogP contribution in [0.5, 0.6) is 0 Å².